The van der Waals surface area contributed by atoms with Crippen molar-refractivity contribution in [3.8, 4) is 0 Å². The summed E-state index contributed by atoms with van der Waals surface area (Å²) in [7, 11) is 0. The van der Waals surface area contributed by atoms with Crippen LogP contribution in [0.25, 0.3) is 0 Å². The molecule has 0 aliphatic rings. The highest BCUT2D eigenvalue weighted by molar-refractivity contribution is 4.76. The lowest BCUT2D eigenvalue weighted by atomic mass is 10.3. The van der Waals surface area contributed by atoms with E-state index in [4.69, 9.17) is 0 Å². The summed E-state index contributed by atoms with van der Waals surface area (Å²) < 4.78 is 0. The van der Waals surface area contributed by atoms with Crippen molar-refractivity contribution in [2.45, 2.75) is 19.8 Å². The molecule has 0 saturated carbocycles. The van der Waals surface area contributed by atoms with Crippen LogP contribution in [0.1, 0.15) is 19.8 Å². The van der Waals surface area contributed by atoms with Crippen LogP contribution in [0.5, 0.6) is 0 Å². The number of nitrogens with one attached hydrogen (secondary N) is 1. The normalized spacial score (nSPS) is 12.1. The third-order valence-corrected chi connectivity index (χ3v) is 1.10. The van der Waals surface area contributed by atoms with E-state index in [-0.39, 0.29) is 0 Å². The minimum atomic E-state index is 0.772. The Morgan fingerprint density at radius 3 is 2.92 bits per heavy atom. The fourth-order valence-corrected chi connectivity index (χ4v) is 0.590. The first kappa shape index (κ1) is 10.5. The van der Waals surface area contributed by atoms with E-state index in [1.807, 2.05) is 13.0 Å². The predicted molar refractivity (Wildman–Crippen MR) is 46.0 cm³/mol. The first-order chi connectivity index (χ1) is 5.91. The summed E-state index contributed by atoms with van der Waals surface area (Å²) in [4.78, 5) is 0. The van der Waals surface area contributed by atoms with Gasteiger partial charge in [-0.1, -0.05) is 22.6 Å². The van der Waals surface area contributed by atoms with Gasteiger partial charge < -0.3 is 5.84 Å². The average Bonchev–Trinajstić information content (AvgIpc) is 2.10. The first-order valence-electron chi connectivity index (χ1n) is 3.75. The lowest BCUT2D eigenvalue weighted by molar-refractivity contribution is 0.637. The standard InChI is InChI=1S/C6H14N6/c1-2-3-4-5-6-8-10-12-11-9-7/h2-3H,4-6H2,1H3,(H2,7,10,11)(H,8,9,12)/b3-2+. The Bertz CT molecular complexity index is 161. The molecule has 68 valence electrons. The molecule has 0 aromatic rings. The zero-order valence-electron chi connectivity index (χ0n) is 7.14. The van der Waals surface area contributed by atoms with E-state index in [0.717, 1.165) is 19.4 Å². The van der Waals surface area contributed by atoms with Gasteiger partial charge in [0.2, 0.25) is 0 Å². The van der Waals surface area contributed by atoms with Gasteiger partial charge in [-0.05, 0) is 30.2 Å². The Morgan fingerprint density at radius 1 is 1.42 bits per heavy atom. The van der Waals surface area contributed by atoms with Crippen molar-refractivity contribution in [3.05, 3.63) is 12.2 Å². The fourth-order valence-electron chi connectivity index (χ4n) is 0.590. The third-order valence-electron chi connectivity index (χ3n) is 1.10. The first-order valence-corrected chi connectivity index (χ1v) is 3.75. The number of allylic oxidation sites excluding steroid dienone is 2. The summed E-state index contributed by atoms with van der Waals surface area (Å²) in [6.45, 7) is 2.77. The van der Waals surface area contributed by atoms with Crippen LogP contribution < -0.4 is 11.3 Å². The van der Waals surface area contributed by atoms with E-state index in [9.17, 15) is 0 Å². The van der Waals surface area contributed by atoms with Gasteiger partial charge in [0, 0.05) is 6.54 Å². The van der Waals surface area contributed by atoms with E-state index in [1.165, 1.54) is 0 Å². The minimum Gasteiger partial charge on any atom is -0.303 e. The molecule has 0 bridgehead atoms. The van der Waals surface area contributed by atoms with Crippen molar-refractivity contribution >= 4 is 0 Å². The van der Waals surface area contributed by atoms with Crippen molar-refractivity contribution < 1.29 is 0 Å². The van der Waals surface area contributed by atoms with Gasteiger partial charge in [0.1, 0.15) is 0 Å². The summed E-state index contributed by atoms with van der Waals surface area (Å²) in [6.07, 6.45) is 6.17. The van der Waals surface area contributed by atoms with Crippen molar-refractivity contribution in [3.63, 3.8) is 0 Å². The van der Waals surface area contributed by atoms with Crippen LogP contribution in [0.3, 0.4) is 0 Å². The molecular formula is C6H14N6. The summed E-state index contributed by atoms with van der Waals surface area (Å²) in [5, 5.41) is 12.7. The number of nitrogens with two attached hydrogens (primary N) is 1. The monoisotopic (exact) mass is 170 g/mol. The molecule has 3 N–H and O–H groups in total. The number of rotatable bonds is 6. The van der Waals surface area contributed by atoms with Crippen LogP contribution in [0, 0.1) is 0 Å². The molecule has 6 nitrogen and oxygen atoms in total. The number of nitrogens with zero attached hydrogens (tertiary/aromatic N) is 4. The van der Waals surface area contributed by atoms with Gasteiger partial charge in [-0.2, -0.15) is 0 Å². The van der Waals surface area contributed by atoms with Crippen LogP contribution in [-0.2, 0) is 0 Å². The maximum absolute atomic E-state index is 4.68. The topological polar surface area (TPSA) is 87.5 Å². The molecule has 0 aliphatic carbocycles. The molecule has 0 aliphatic heterocycles. The Balaban J connectivity index is 3.10. The van der Waals surface area contributed by atoms with Crippen molar-refractivity contribution in [2.75, 3.05) is 6.54 Å². The third kappa shape index (κ3) is 8.54. The molecule has 0 aromatic carbocycles. The molecular weight excluding hydrogens is 156 g/mol. The van der Waals surface area contributed by atoms with Gasteiger partial charge in [-0.3, -0.25) is 5.43 Å². The number of unbranched alkanes of at least 4 members (excludes halogenated alkanes) is 1. The van der Waals surface area contributed by atoms with Gasteiger partial charge in [0.05, 0.1) is 0 Å². The molecule has 0 atom stereocenters. The molecule has 0 spiro atoms. The number of hydrogen-bond donors (Lipinski definition) is 2. The summed E-state index contributed by atoms with van der Waals surface area (Å²) in [6, 6.07) is 0. The van der Waals surface area contributed by atoms with Crippen LogP contribution in [0.4, 0.5) is 0 Å². The predicted octanol–water partition coefficient (Wildman–Crippen LogP) is 1.54. The maximum atomic E-state index is 4.68. The van der Waals surface area contributed by atoms with Gasteiger partial charge in [0.15, 0.2) is 0 Å². The smallest absolute Gasteiger partial charge is 0.0350 e. The zero-order chi connectivity index (χ0) is 9.07. The second-order valence-electron chi connectivity index (χ2n) is 2.01. The van der Waals surface area contributed by atoms with E-state index >= 15 is 0 Å². The highest BCUT2D eigenvalue weighted by Gasteiger charge is 1.80. The molecule has 0 amide bonds. The molecule has 0 rings (SSSR count). The minimum absolute atomic E-state index is 0.772. The highest BCUT2D eigenvalue weighted by atomic mass is 15.6. The zero-order valence-corrected chi connectivity index (χ0v) is 7.14. The quantitative estimate of drug-likeness (QED) is 0.208. The van der Waals surface area contributed by atoms with Gasteiger partial charge in [0.25, 0.3) is 0 Å². The molecule has 6 heteroatoms. The van der Waals surface area contributed by atoms with Gasteiger partial charge >= 0.3 is 0 Å². The molecule has 0 unspecified atom stereocenters. The fraction of sp³-hybridized carbons (Fsp3) is 0.667. The largest absolute Gasteiger partial charge is 0.303 e. The van der Waals surface area contributed by atoms with Crippen LogP contribution >= 0.6 is 0 Å². The highest BCUT2D eigenvalue weighted by Crippen LogP contribution is 1.88. The summed E-state index contributed by atoms with van der Waals surface area (Å²) >= 11 is 0. The Labute approximate surface area is 71.6 Å². The molecule has 12 heavy (non-hydrogen) atoms. The summed E-state index contributed by atoms with van der Waals surface area (Å²) in [5.41, 5.74) is 2.69. The van der Waals surface area contributed by atoms with Crippen molar-refractivity contribution in [2.24, 2.45) is 26.7 Å². The number of hydrogen-bond acceptors (Lipinski definition) is 2. The molecule has 0 radical (unpaired) electrons. The van der Waals surface area contributed by atoms with Crippen LogP contribution in [-0.4, -0.2) is 6.54 Å². The molecule has 0 fully saturated rings. The van der Waals surface area contributed by atoms with E-state index < -0.39 is 0 Å². The second-order valence-corrected chi connectivity index (χ2v) is 2.01. The maximum Gasteiger partial charge on any atom is 0.0350 e. The van der Waals surface area contributed by atoms with Crippen LogP contribution in [0.15, 0.2) is 33.0 Å². The SMILES string of the molecule is C/C=C/CCCNN=NN=NN. The Hall–Kier alpha value is -1.46. The lowest BCUT2D eigenvalue weighted by Gasteiger charge is -1.93. The van der Waals surface area contributed by atoms with Gasteiger partial charge in [-0.25, -0.2) is 0 Å². The van der Waals surface area contributed by atoms with Crippen LogP contribution in [0.2, 0.25) is 0 Å². The Morgan fingerprint density at radius 2 is 2.25 bits per heavy atom. The lowest BCUT2D eigenvalue weighted by Crippen LogP contribution is -2.05. The van der Waals surface area contributed by atoms with E-state index in [0.29, 0.717) is 0 Å². The second kappa shape index (κ2) is 9.54. The Kier molecular flexibility index (Phi) is 8.38. The van der Waals surface area contributed by atoms with Crippen molar-refractivity contribution in [1.82, 2.24) is 5.43 Å². The van der Waals surface area contributed by atoms with E-state index in [2.05, 4.69) is 38.2 Å². The van der Waals surface area contributed by atoms with E-state index in [1.54, 1.807) is 0 Å². The molecule has 0 heterocycles. The van der Waals surface area contributed by atoms with Gasteiger partial charge in [-0.15, -0.1) is 0 Å². The molecule has 0 aromatic heterocycles. The molecule has 0 saturated heterocycles. The van der Waals surface area contributed by atoms with Crippen molar-refractivity contribution in [1.29, 1.82) is 0 Å². The summed E-state index contributed by atoms with van der Waals surface area (Å²) in [5.74, 6) is 4.68. The average molecular weight is 170 g/mol.